The SMILES string of the molecule is CCCCC(NC(=O)c1ccccc1SCc1nc(C)no1)C(=O)O. The van der Waals surface area contributed by atoms with Crippen LogP contribution in [0.4, 0.5) is 0 Å². The number of nitrogens with zero attached hydrogens (tertiary/aromatic N) is 2. The van der Waals surface area contributed by atoms with Crippen LogP contribution in [0.2, 0.25) is 0 Å². The second-order valence-electron chi connectivity index (χ2n) is 5.53. The summed E-state index contributed by atoms with van der Waals surface area (Å²) in [5.41, 5.74) is 0.437. The predicted molar refractivity (Wildman–Crippen MR) is 93.5 cm³/mol. The third-order valence-electron chi connectivity index (χ3n) is 3.50. The number of carboxylic acid groups (broad SMARTS) is 1. The molecule has 1 aromatic heterocycles. The van der Waals surface area contributed by atoms with Crippen molar-refractivity contribution >= 4 is 23.6 Å². The first kappa shape index (κ1) is 19.0. The van der Waals surface area contributed by atoms with Crippen molar-refractivity contribution in [1.82, 2.24) is 15.5 Å². The number of carbonyl (C=O) groups is 2. The molecule has 1 unspecified atom stereocenters. The Morgan fingerprint density at radius 2 is 2.12 bits per heavy atom. The third kappa shape index (κ3) is 5.60. The number of carboxylic acids is 1. The minimum absolute atomic E-state index is 0.395. The lowest BCUT2D eigenvalue weighted by molar-refractivity contribution is -0.139. The van der Waals surface area contributed by atoms with Gasteiger partial charge in [-0.3, -0.25) is 4.79 Å². The van der Waals surface area contributed by atoms with E-state index in [1.54, 1.807) is 19.1 Å². The highest BCUT2D eigenvalue weighted by Gasteiger charge is 2.21. The van der Waals surface area contributed by atoms with Gasteiger partial charge in [-0.05, 0) is 25.5 Å². The molecule has 0 fully saturated rings. The van der Waals surface area contributed by atoms with Crippen molar-refractivity contribution in [2.75, 3.05) is 0 Å². The second kappa shape index (κ2) is 9.22. The zero-order valence-electron chi connectivity index (χ0n) is 14.2. The quantitative estimate of drug-likeness (QED) is 0.660. The molecule has 0 aliphatic heterocycles. The summed E-state index contributed by atoms with van der Waals surface area (Å²) in [6.07, 6.45) is 2.02. The van der Waals surface area contributed by atoms with Crippen LogP contribution in [0.1, 0.15) is 48.3 Å². The summed E-state index contributed by atoms with van der Waals surface area (Å²) in [7, 11) is 0. The van der Waals surface area contributed by atoms with Gasteiger partial charge in [-0.25, -0.2) is 4.79 Å². The van der Waals surface area contributed by atoms with Gasteiger partial charge >= 0.3 is 5.97 Å². The standard InChI is InChI=1S/C17H21N3O4S/c1-3-4-8-13(17(22)23)19-16(21)12-7-5-6-9-14(12)25-10-15-18-11(2)20-24-15/h5-7,9,13H,3-4,8,10H2,1-2H3,(H,19,21)(H,22,23). The van der Waals surface area contributed by atoms with Crippen molar-refractivity contribution in [3.63, 3.8) is 0 Å². The van der Waals surface area contributed by atoms with Crippen molar-refractivity contribution in [2.45, 2.75) is 49.8 Å². The first-order chi connectivity index (χ1) is 12.0. The lowest BCUT2D eigenvalue weighted by atomic mass is 10.1. The van der Waals surface area contributed by atoms with Crippen molar-refractivity contribution in [2.24, 2.45) is 0 Å². The molecule has 1 aromatic carbocycles. The lowest BCUT2D eigenvalue weighted by Crippen LogP contribution is -2.40. The van der Waals surface area contributed by atoms with E-state index in [2.05, 4.69) is 15.5 Å². The molecule has 0 spiro atoms. The topological polar surface area (TPSA) is 105 Å². The van der Waals surface area contributed by atoms with E-state index in [-0.39, 0.29) is 0 Å². The molecule has 1 atom stereocenters. The highest BCUT2D eigenvalue weighted by Crippen LogP contribution is 2.26. The molecular weight excluding hydrogens is 342 g/mol. The molecule has 0 saturated heterocycles. The Hall–Kier alpha value is -2.35. The summed E-state index contributed by atoms with van der Waals surface area (Å²) in [6, 6.07) is 6.17. The summed E-state index contributed by atoms with van der Waals surface area (Å²) in [5, 5.41) is 15.6. The van der Waals surface area contributed by atoms with Crippen LogP contribution in [0.15, 0.2) is 33.7 Å². The summed E-state index contributed by atoms with van der Waals surface area (Å²) >= 11 is 1.39. The van der Waals surface area contributed by atoms with Crippen LogP contribution >= 0.6 is 11.8 Å². The molecule has 7 nitrogen and oxygen atoms in total. The minimum atomic E-state index is -1.02. The molecule has 0 saturated carbocycles. The van der Waals surface area contributed by atoms with E-state index in [1.807, 2.05) is 19.1 Å². The van der Waals surface area contributed by atoms with Crippen LogP contribution in [0, 0.1) is 6.92 Å². The molecule has 1 amide bonds. The number of nitrogens with one attached hydrogen (secondary N) is 1. The number of hydrogen-bond acceptors (Lipinski definition) is 6. The molecule has 0 radical (unpaired) electrons. The number of thioether (sulfide) groups is 1. The van der Waals surface area contributed by atoms with E-state index in [0.29, 0.717) is 29.5 Å². The Balaban J connectivity index is 2.07. The highest BCUT2D eigenvalue weighted by atomic mass is 32.2. The van der Waals surface area contributed by atoms with E-state index < -0.39 is 17.9 Å². The van der Waals surface area contributed by atoms with E-state index in [1.165, 1.54) is 11.8 Å². The molecule has 134 valence electrons. The maximum Gasteiger partial charge on any atom is 0.326 e. The molecule has 8 heteroatoms. The summed E-state index contributed by atoms with van der Waals surface area (Å²) < 4.78 is 5.07. The number of aryl methyl sites for hydroxylation is 1. The van der Waals surface area contributed by atoms with Crippen LogP contribution in [0.25, 0.3) is 0 Å². The molecule has 2 N–H and O–H groups in total. The number of hydrogen-bond donors (Lipinski definition) is 2. The molecule has 1 heterocycles. The maximum absolute atomic E-state index is 12.5. The minimum Gasteiger partial charge on any atom is -0.480 e. The Morgan fingerprint density at radius 3 is 2.76 bits per heavy atom. The van der Waals surface area contributed by atoms with E-state index in [4.69, 9.17) is 4.52 Å². The number of aliphatic carboxylic acids is 1. The summed E-state index contributed by atoms with van der Waals surface area (Å²) in [6.45, 7) is 3.72. The zero-order chi connectivity index (χ0) is 18.2. The fourth-order valence-electron chi connectivity index (χ4n) is 2.22. The van der Waals surface area contributed by atoms with Gasteiger partial charge in [0.05, 0.1) is 11.3 Å². The molecule has 2 rings (SSSR count). The van der Waals surface area contributed by atoms with Gasteiger partial charge in [0.15, 0.2) is 5.82 Å². The number of carbonyl (C=O) groups excluding carboxylic acids is 1. The zero-order valence-corrected chi connectivity index (χ0v) is 15.0. The number of rotatable bonds is 9. The van der Waals surface area contributed by atoms with Gasteiger partial charge in [0.25, 0.3) is 5.91 Å². The van der Waals surface area contributed by atoms with Crippen LogP contribution in [0.3, 0.4) is 0 Å². The van der Waals surface area contributed by atoms with E-state index in [0.717, 1.165) is 17.7 Å². The largest absolute Gasteiger partial charge is 0.480 e. The number of benzene rings is 1. The average Bonchev–Trinajstić information content (AvgIpc) is 3.02. The fourth-order valence-corrected chi connectivity index (χ4v) is 3.11. The number of unbranched alkanes of at least 4 members (excludes halogenated alkanes) is 1. The first-order valence-corrected chi connectivity index (χ1v) is 9.04. The smallest absolute Gasteiger partial charge is 0.326 e. The normalized spacial score (nSPS) is 11.9. The van der Waals surface area contributed by atoms with Crippen LogP contribution in [-0.2, 0) is 10.5 Å². The molecule has 0 aliphatic carbocycles. The Morgan fingerprint density at radius 1 is 1.36 bits per heavy atom. The van der Waals surface area contributed by atoms with Gasteiger partial charge in [0, 0.05) is 4.90 Å². The Labute approximate surface area is 150 Å². The van der Waals surface area contributed by atoms with Gasteiger partial charge in [-0.2, -0.15) is 4.98 Å². The summed E-state index contributed by atoms with van der Waals surface area (Å²) in [5.74, 6) is 0.0519. The Kier molecular flexibility index (Phi) is 7.00. The van der Waals surface area contributed by atoms with Gasteiger partial charge < -0.3 is 14.9 Å². The van der Waals surface area contributed by atoms with E-state index in [9.17, 15) is 14.7 Å². The van der Waals surface area contributed by atoms with E-state index >= 15 is 0 Å². The average molecular weight is 363 g/mol. The van der Waals surface area contributed by atoms with Crippen LogP contribution in [-0.4, -0.2) is 33.2 Å². The van der Waals surface area contributed by atoms with Crippen molar-refractivity contribution in [3.8, 4) is 0 Å². The van der Waals surface area contributed by atoms with Crippen molar-refractivity contribution in [3.05, 3.63) is 41.5 Å². The Bertz CT molecular complexity index is 732. The molecular formula is C17H21N3O4S. The molecule has 2 aromatic rings. The monoisotopic (exact) mass is 363 g/mol. The van der Waals surface area contributed by atoms with Gasteiger partial charge in [0.1, 0.15) is 6.04 Å². The van der Waals surface area contributed by atoms with Crippen LogP contribution < -0.4 is 5.32 Å². The third-order valence-corrected chi connectivity index (χ3v) is 4.56. The van der Waals surface area contributed by atoms with Gasteiger partial charge in [0.2, 0.25) is 5.89 Å². The molecule has 0 bridgehead atoms. The van der Waals surface area contributed by atoms with Gasteiger partial charge in [-0.1, -0.05) is 37.1 Å². The number of aromatic nitrogens is 2. The number of amides is 1. The molecule has 0 aliphatic rings. The highest BCUT2D eigenvalue weighted by molar-refractivity contribution is 7.98. The second-order valence-corrected chi connectivity index (χ2v) is 6.54. The first-order valence-electron chi connectivity index (χ1n) is 8.06. The van der Waals surface area contributed by atoms with Crippen LogP contribution in [0.5, 0.6) is 0 Å². The van der Waals surface area contributed by atoms with Gasteiger partial charge in [-0.15, -0.1) is 11.8 Å². The lowest BCUT2D eigenvalue weighted by Gasteiger charge is -2.15. The molecule has 25 heavy (non-hydrogen) atoms. The summed E-state index contributed by atoms with van der Waals surface area (Å²) in [4.78, 5) is 28.7. The van der Waals surface area contributed by atoms with Crippen molar-refractivity contribution in [1.29, 1.82) is 0 Å². The maximum atomic E-state index is 12.5. The predicted octanol–water partition coefficient (Wildman–Crippen LogP) is 3.04. The fraction of sp³-hybridized carbons (Fsp3) is 0.412. The van der Waals surface area contributed by atoms with Crippen molar-refractivity contribution < 1.29 is 19.2 Å².